The van der Waals surface area contributed by atoms with Gasteiger partial charge in [0.1, 0.15) is 11.5 Å². The van der Waals surface area contributed by atoms with Gasteiger partial charge in [-0.1, -0.05) is 6.07 Å². The van der Waals surface area contributed by atoms with Gasteiger partial charge in [-0.3, -0.25) is 5.01 Å². The number of anilines is 1. The van der Waals surface area contributed by atoms with Crippen LogP contribution in [0.15, 0.2) is 18.2 Å². The van der Waals surface area contributed by atoms with Gasteiger partial charge in [-0.05, 0) is 12.1 Å². The van der Waals surface area contributed by atoms with Crippen LogP contribution >= 0.6 is 0 Å². The molecule has 0 amide bonds. The molecular formula is C8H10F3N3. The molecule has 14 heavy (non-hydrogen) atoms. The van der Waals surface area contributed by atoms with Crippen LogP contribution in [0.4, 0.5) is 19.0 Å². The van der Waals surface area contributed by atoms with Gasteiger partial charge in [-0.2, -0.15) is 13.2 Å². The summed E-state index contributed by atoms with van der Waals surface area (Å²) in [6.07, 6.45) is -4.40. The largest absolute Gasteiger partial charge is 0.433 e. The van der Waals surface area contributed by atoms with Crippen molar-refractivity contribution in [3.8, 4) is 0 Å². The lowest BCUT2D eigenvalue weighted by molar-refractivity contribution is -0.141. The molecular weight excluding hydrogens is 195 g/mol. The lowest BCUT2D eigenvalue weighted by Crippen LogP contribution is -2.31. The number of alkyl halides is 3. The molecule has 1 heterocycles. The van der Waals surface area contributed by atoms with Gasteiger partial charge in [-0.15, -0.1) is 0 Å². The Morgan fingerprint density at radius 1 is 1.36 bits per heavy atom. The van der Waals surface area contributed by atoms with Gasteiger partial charge < -0.3 is 0 Å². The van der Waals surface area contributed by atoms with Crippen molar-refractivity contribution in [2.45, 2.75) is 6.18 Å². The van der Waals surface area contributed by atoms with Crippen molar-refractivity contribution in [3.05, 3.63) is 23.9 Å². The van der Waals surface area contributed by atoms with E-state index < -0.39 is 11.9 Å². The second kappa shape index (κ2) is 3.83. The Balaban J connectivity index is 3.01. The van der Waals surface area contributed by atoms with E-state index in [1.807, 2.05) is 0 Å². The van der Waals surface area contributed by atoms with E-state index >= 15 is 0 Å². The molecule has 0 saturated heterocycles. The second-order valence-electron chi connectivity index (χ2n) is 2.66. The molecule has 1 rings (SSSR count). The monoisotopic (exact) mass is 205 g/mol. The maximum atomic E-state index is 12.2. The van der Waals surface area contributed by atoms with Gasteiger partial charge in [0, 0.05) is 14.1 Å². The van der Waals surface area contributed by atoms with Gasteiger partial charge in [0.15, 0.2) is 0 Å². The van der Waals surface area contributed by atoms with Gasteiger partial charge in [0.25, 0.3) is 0 Å². The van der Waals surface area contributed by atoms with Crippen LogP contribution in [0.1, 0.15) is 5.69 Å². The zero-order valence-corrected chi connectivity index (χ0v) is 7.76. The summed E-state index contributed by atoms with van der Waals surface area (Å²) in [5.41, 5.74) is 1.77. The number of pyridine rings is 1. The average molecular weight is 205 g/mol. The molecule has 6 heteroatoms. The predicted octanol–water partition coefficient (Wildman–Crippen LogP) is 1.67. The van der Waals surface area contributed by atoms with Crippen molar-refractivity contribution in [3.63, 3.8) is 0 Å². The summed E-state index contributed by atoms with van der Waals surface area (Å²) >= 11 is 0. The Hall–Kier alpha value is -1.30. The van der Waals surface area contributed by atoms with Crippen LogP contribution in [-0.4, -0.2) is 19.1 Å². The maximum Gasteiger partial charge on any atom is 0.433 e. The molecule has 0 saturated carbocycles. The van der Waals surface area contributed by atoms with Crippen LogP contribution in [0.5, 0.6) is 0 Å². The molecule has 0 aliphatic carbocycles. The molecule has 0 aliphatic heterocycles. The molecule has 0 spiro atoms. The molecule has 1 aromatic heterocycles. The molecule has 0 bridgehead atoms. The Bertz CT molecular complexity index is 311. The van der Waals surface area contributed by atoms with Crippen LogP contribution in [0.25, 0.3) is 0 Å². The number of aromatic nitrogens is 1. The fourth-order valence-electron chi connectivity index (χ4n) is 0.883. The summed E-state index contributed by atoms with van der Waals surface area (Å²) in [4.78, 5) is 3.45. The van der Waals surface area contributed by atoms with E-state index in [2.05, 4.69) is 10.4 Å². The van der Waals surface area contributed by atoms with E-state index in [1.54, 1.807) is 14.1 Å². The van der Waals surface area contributed by atoms with E-state index in [0.29, 0.717) is 0 Å². The quantitative estimate of drug-likeness (QED) is 0.744. The number of hydrogen-bond donors (Lipinski definition) is 1. The van der Waals surface area contributed by atoms with Crippen LogP contribution in [0.3, 0.4) is 0 Å². The van der Waals surface area contributed by atoms with Crippen molar-refractivity contribution >= 4 is 5.82 Å². The Kier molecular flexibility index (Phi) is 2.95. The number of nitrogens with zero attached hydrogens (tertiary/aromatic N) is 2. The van der Waals surface area contributed by atoms with E-state index in [4.69, 9.17) is 0 Å². The number of halogens is 3. The third-order valence-corrected chi connectivity index (χ3v) is 1.70. The normalized spacial score (nSPS) is 11.5. The molecule has 0 aliphatic rings. The highest BCUT2D eigenvalue weighted by molar-refractivity contribution is 5.37. The lowest BCUT2D eigenvalue weighted by Gasteiger charge is -2.17. The zero-order chi connectivity index (χ0) is 10.8. The smallest absolute Gasteiger partial charge is 0.296 e. The van der Waals surface area contributed by atoms with E-state index in [9.17, 15) is 13.2 Å². The first-order valence-electron chi connectivity index (χ1n) is 3.90. The van der Waals surface area contributed by atoms with Gasteiger partial charge >= 0.3 is 6.18 Å². The first-order chi connectivity index (χ1) is 6.45. The fourth-order valence-corrected chi connectivity index (χ4v) is 0.883. The molecule has 0 aromatic carbocycles. The molecule has 1 aromatic rings. The minimum absolute atomic E-state index is 0.224. The van der Waals surface area contributed by atoms with Gasteiger partial charge in [-0.25, -0.2) is 10.4 Å². The molecule has 0 unspecified atom stereocenters. The SMILES string of the molecule is CNN(C)c1cccc(C(F)(F)F)n1. The highest BCUT2D eigenvalue weighted by atomic mass is 19.4. The summed E-state index contributed by atoms with van der Waals surface area (Å²) in [6, 6.07) is 3.75. The van der Waals surface area contributed by atoms with Gasteiger partial charge in [0.05, 0.1) is 0 Å². The predicted molar refractivity (Wildman–Crippen MR) is 46.7 cm³/mol. The summed E-state index contributed by atoms with van der Waals surface area (Å²) < 4.78 is 36.7. The Morgan fingerprint density at radius 2 is 2.00 bits per heavy atom. The topological polar surface area (TPSA) is 28.2 Å². The molecule has 3 nitrogen and oxygen atoms in total. The molecule has 1 N–H and O–H groups in total. The molecule has 0 atom stereocenters. The van der Waals surface area contributed by atoms with Gasteiger partial charge in [0.2, 0.25) is 0 Å². The standard InChI is InChI=1S/C8H10F3N3/c1-12-14(2)7-5-3-4-6(13-7)8(9,10)11/h3-5,12H,1-2H3. The number of hydrogen-bond acceptors (Lipinski definition) is 3. The fraction of sp³-hybridized carbons (Fsp3) is 0.375. The Morgan fingerprint density at radius 3 is 2.50 bits per heavy atom. The highest BCUT2D eigenvalue weighted by Gasteiger charge is 2.32. The Labute approximate surface area is 79.5 Å². The first-order valence-corrected chi connectivity index (χ1v) is 3.90. The number of hydrazine groups is 1. The summed E-state index contributed by atoms with van der Waals surface area (Å²) in [7, 11) is 3.18. The summed E-state index contributed by atoms with van der Waals surface area (Å²) in [6.45, 7) is 0. The maximum absolute atomic E-state index is 12.2. The molecule has 0 radical (unpaired) electrons. The minimum atomic E-state index is -4.40. The summed E-state index contributed by atoms with van der Waals surface area (Å²) in [5, 5.41) is 1.40. The number of nitrogens with one attached hydrogen (secondary N) is 1. The average Bonchev–Trinajstić information content (AvgIpc) is 2.15. The van der Waals surface area contributed by atoms with Crippen LogP contribution < -0.4 is 10.4 Å². The van der Waals surface area contributed by atoms with Crippen LogP contribution in [-0.2, 0) is 6.18 Å². The van der Waals surface area contributed by atoms with Crippen LogP contribution in [0, 0.1) is 0 Å². The van der Waals surface area contributed by atoms with Crippen molar-refractivity contribution in [1.82, 2.24) is 10.4 Å². The third-order valence-electron chi connectivity index (χ3n) is 1.70. The summed E-state index contributed by atoms with van der Waals surface area (Å²) in [5.74, 6) is 0.224. The zero-order valence-electron chi connectivity index (χ0n) is 7.76. The van der Waals surface area contributed by atoms with E-state index in [1.165, 1.54) is 17.1 Å². The molecule has 78 valence electrons. The van der Waals surface area contributed by atoms with Crippen molar-refractivity contribution in [2.75, 3.05) is 19.1 Å². The molecule has 0 fully saturated rings. The first kappa shape index (κ1) is 10.8. The lowest BCUT2D eigenvalue weighted by atomic mass is 10.3. The van der Waals surface area contributed by atoms with Crippen molar-refractivity contribution in [1.29, 1.82) is 0 Å². The highest BCUT2D eigenvalue weighted by Crippen LogP contribution is 2.28. The van der Waals surface area contributed by atoms with Crippen LogP contribution in [0.2, 0.25) is 0 Å². The minimum Gasteiger partial charge on any atom is -0.296 e. The van der Waals surface area contributed by atoms with Crippen molar-refractivity contribution in [2.24, 2.45) is 0 Å². The van der Waals surface area contributed by atoms with Crippen molar-refractivity contribution < 1.29 is 13.2 Å². The van der Waals surface area contributed by atoms with E-state index in [0.717, 1.165) is 6.07 Å². The second-order valence-corrected chi connectivity index (χ2v) is 2.66. The third kappa shape index (κ3) is 2.35. The number of rotatable bonds is 2. The van der Waals surface area contributed by atoms with E-state index in [-0.39, 0.29) is 5.82 Å².